The Morgan fingerprint density at radius 1 is 0.826 bits per heavy atom. The quantitative estimate of drug-likeness (QED) is 0.504. The Morgan fingerprint density at radius 3 is 2.52 bits per heavy atom. The minimum Gasteiger partial charge on any atom is -0.0654 e. The van der Waals surface area contributed by atoms with Crippen LogP contribution in [0.15, 0.2) is 66.7 Å². The first-order valence-electron chi connectivity index (χ1n) is 8.67. The Bertz CT molecular complexity index is 865. The second kappa shape index (κ2) is 6.04. The van der Waals surface area contributed by atoms with E-state index in [-0.39, 0.29) is 0 Å². The van der Waals surface area contributed by atoms with Crippen LogP contribution >= 0.6 is 0 Å². The standard InChI is InChI=1S/C23H22/c1-2-3-12-21-20-14-7-5-10-18(20)16-23(21)22-15-8-11-17-9-4-6-13-19(17)22/h4-11,13-16,21H,2-3,12H2,1H3. The van der Waals surface area contributed by atoms with Gasteiger partial charge in [0.2, 0.25) is 0 Å². The van der Waals surface area contributed by atoms with Crippen LogP contribution in [0.5, 0.6) is 0 Å². The zero-order chi connectivity index (χ0) is 15.6. The predicted octanol–water partition coefficient (Wildman–Crippen LogP) is 6.67. The fourth-order valence-corrected chi connectivity index (χ4v) is 3.86. The normalized spacial score (nSPS) is 16.4. The van der Waals surface area contributed by atoms with E-state index in [1.54, 1.807) is 0 Å². The highest BCUT2D eigenvalue weighted by atomic mass is 14.3. The van der Waals surface area contributed by atoms with Crippen LogP contribution in [-0.2, 0) is 0 Å². The second-order valence-electron chi connectivity index (χ2n) is 6.45. The molecule has 0 spiro atoms. The molecule has 4 rings (SSSR count). The van der Waals surface area contributed by atoms with E-state index in [1.165, 1.54) is 52.3 Å². The number of fused-ring (bicyclic) bond motifs is 2. The van der Waals surface area contributed by atoms with E-state index in [1.807, 2.05) is 0 Å². The lowest BCUT2D eigenvalue weighted by molar-refractivity contribution is 0.678. The molecule has 0 radical (unpaired) electrons. The maximum atomic E-state index is 2.41. The summed E-state index contributed by atoms with van der Waals surface area (Å²) in [7, 11) is 0. The van der Waals surface area contributed by atoms with Crippen molar-refractivity contribution in [3.05, 3.63) is 83.4 Å². The van der Waals surface area contributed by atoms with Gasteiger partial charge in [-0.05, 0) is 39.5 Å². The molecule has 0 saturated heterocycles. The Balaban J connectivity index is 1.86. The zero-order valence-corrected chi connectivity index (χ0v) is 13.6. The first-order chi connectivity index (χ1) is 11.4. The van der Waals surface area contributed by atoms with E-state index in [4.69, 9.17) is 0 Å². The molecule has 0 bridgehead atoms. The van der Waals surface area contributed by atoms with Crippen LogP contribution in [0.3, 0.4) is 0 Å². The minimum atomic E-state index is 0.539. The summed E-state index contributed by atoms with van der Waals surface area (Å²) in [6, 6.07) is 24.3. The molecule has 0 N–H and O–H groups in total. The van der Waals surface area contributed by atoms with Crippen LogP contribution in [0.2, 0.25) is 0 Å². The number of benzene rings is 3. The SMILES string of the molecule is CCCCC1C(c2cccc3ccccc23)=Cc2ccccc21. The molecule has 0 heterocycles. The monoisotopic (exact) mass is 298 g/mol. The van der Waals surface area contributed by atoms with Gasteiger partial charge in [0.25, 0.3) is 0 Å². The van der Waals surface area contributed by atoms with Gasteiger partial charge in [-0.25, -0.2) is 0 Å². The van der Waals surface area contributed by atoms with E-state index in [0.717, 1.165) is 0 Å². The number of allylic oxidation sites excluding steroid dienone is 1. The average Bonchev–Trinajstić information content (AvgIpc) is 2.98. The fourth-order valence-electron chi connectivity index (χ4n) is 3.86. The molecule has 0 aliphatic heterocycles. The number of hydrogen-bond acceptors (Lipinski definition) is 0. The summed E-state index contributed by atoms with van der Waals surface area (Å²) in [5, 5.41) is 2.70. The van der Waals surface area contributed by atoms with Gasteiger partial charge < -0.3 is 0 Å². The van der Waals surface area contributed by atoms with Gasteiger partial charge in [-0.3, -0.25) is 0 Å². The number of unbranched alkanes of at least 4 members (excludes halogenated alkanes) is 1. The third-order valence-electron chi connectivity index (χ3n) is 5.00. The largest absolute Gasteiger partial charge is 0.0654 e. The lowest BCUT2D eigenvalue weighted by Gasteiger charge is -2.18. The van der Waals surface area contributed by atoms with Crippen LogP contribution in [0.25, 0.3) is 22.4 Å². The summed E-state index contributed by atoms with van der Waals surface area (Å²) < 4.78 is 0. The molecule has 0 heteroatoms. The summed E-state index contributed by atoms with van der Waals surface area (Å²) in [6.07, 6.45) is 6.18. The molecule has 0 aromatic heterocycles. The molecule has 3 aromatic rings. The highest BCUT2D eigenvalue weighted by molar-refractivity contribution is 6.01. The molecule has 0 amide bonds. The Labute approximate surface area is 138 Å². The summed E-state index contributed by atoms with van der Waals surface area (Å²) in [5.74, 6) is 0.539. The molecule has 1 atom stereocenters. The summed E-state index contributed by atoms with van der Waals surface area (Å²) in [5.41, 5.74) is 5.80. The van der Waals surface area contributed by atoms with E-state index < -0.39 is 0 Å². The lowest BCUT2D eigenvalue weighted by atomic mass is 9.85. The lowest BCUT2D eigenvalue weighted by Crippen LogP contribution is -1.99. The van der Waals surface area contributed by atoms with E-state index in [2.05, 4.69) is 79.7 Å². The molecule has 23 heavy (non-hydrogen) atoms. The van der Waals surface area contributed by atoms with Crippen LogP contribution in [0.1, 0.15) is 48.8 Å². The smallest absolute Gasteiger partial charge is 0.0102 e. The van der Waals surface area contributed by atoms with E-state index >= 15 is 0 Å². The fraction of sp³-hybridized carbons (Fsp3) is 0.217. The molecule has 3 aromatic carbocycles. The number of rotatable bonds is 4. The van der Waals surface area contributed by atoms with Gasteiger partial charge in [0, 0.05) is 5.92 Å². The maximum absolute atomic E-state index is 2.41. The van der Waals surface area contributed by atoms with Crippen LogP contribution < -0.4 is 0 Å². The van der Waals surface area contributed by atoms with Crippen molar-refractivity contribution >= 4 is 22.4 Å². The zero-order valence-electron chi connectivity index (χ0n) is 13.6. The van der Waals surface area contributed by atoms with Crippen LogP contribution in [0.4, 0.5) is 0 Å². The molecule has 1 aliphatic carbocycles. The minimum absolute atomic E-state index is 0.539. The highest BCUT2D eigenvalue weighted by Crippen LogP contribution is 2.46. The van der Waals surface area contributed by atoms with E-state index in [0.29, 0.717) is 5.92 Å². The predicted molar refractivity (Wildman–Crippen MR) is 101 cm³/mol. The first-order valence-corrected chi connectivity index (χ1v) is 8.67. The van der Waals surface area contributed by atoms with Crippen molar-refractivity contribution in [3.8, 4) is 0 Å². The first kappa shape index (κ1) is 14.3. The maximum Gasteiger partial charge on any atom is 0.0102 e. The van der Waals surface area contributed by atoms with Gasteiger partial charge in [-0.1, -0.05) is 92.6 Å². The molecule has 0 saturated carbocycles. The molecule has 114 valence electrons. The van der Waals surface area contributed by atoms with Crippen LogP contribution in [-0.4, -0.2) is 0 Å². The summed E-state index contributed by atoms with van der Waals surface area (Å²) in [6.45, 7) is 2.28. The third-order valence-corrected chi connectivity index (χ3v) is 5.00. The van der Waals surface area contributed by atoms with Gasteiger partial charge in [-0.15, -0.1) is 0 Å². The highest BCUT2D eigenvalue weighted by Gasteiger charge is 2.26. The van der Waals surface area contributed by atoms with Crippen molar-refractivity contribution in [1.82, 2.24) is 0 Å². The molecular formula is C23H22. The third kappa shape index (κ3) is 2.49. The van der Waals surface area contributed by atoms with Gasteiger partial charge >= 0.3 is 0 Å². The molecule has 0 fully saturated rings. The van der Waals surface area contributed by atoms with Gasteiger partial charge in [-0.2, -0.15) is 0 Å². The topological polar surface area (TPSA) is 0 Å². The average molecular weight is 298 g/mol. The van der Waals surface area contributed by atoms with Gasteiger partial charge in [0.1, 0.15) is 0 Å². The van der Waals surface area contributed by atoms with Crippen molar-refractivity contribution < 1.29 is 0 Å². The Kier molecular flexibility index (Phi) is 3.75. The number of hydrogen-bond donors (Lipinski definition) is 0. The van der Waals surface area contributed by atoms with Crippen molar-refractivity contribution in [2.75, 3.05) is 0 Å². The van der Waals surface area contributed by atoms with Crippen LogP contribution in [0, 0.1) is 0 Å². The summed E-state index contributed by atoms with van der Waals surface area (Å²) in [4.78, 5) is 0. The Hall–Kier alpha value is -2.34. The van der Waals surface area contributed by atoms with Crippen molar-refractivity contribution in [3.63, 3.8) is 0 Å². The molecule has 1 aliphatic rings. The van der Waals surface area contributed by atoms with Gasteiger partial charge in [0.15, 0.2) is 0 Å². The molecule has 1 unspecified atom stereocenters. The van der Waals surface area contributed by atoms with Crippen molar-refractivity contribution in [2.24, 2.45) is 0 Å². The van der Waals surface area contributed by atoms with E-state index in [9.17, 15) is 0 Å². The van der Waals surface area contributed by atoms with Crippen molar-refractivity contribution in [1.29, 1.82) is 0 Å². The summed E-state index contributed by atoms with van der Waals surface area (Å²) >= 11 is 0. The second-order valence-corrected chi connectivity index (χ2v) is 6.45. The molecule has 0 nitrogen and oxygen atoms in total. The van der Waals surface area contributed by atoms with Crippen molar-refractivity contribution in [2.45, 2.75) is 32.1 Å². The van der Waals surface area contributed by atoms with Gasteiger partial charge in [0.05, 0.1) is 0 Å². The Morgan fingerprint density at radius 2 is 1.61 bits per heavy atom. The molecular weight excluding hydrogens is 276 g/mol.